The highest BCUT2D eigenvalue weighted by Gasteiger charge is 2.46. The van der Waals surface area contributed by atoms with E-state index < -0.39 is 23.5 Å². The van der Waals surface area contributed by atoms with Crippen molar-refractivity contribution in [3.8, 4) is 23.0 Å². The first-order valence-corrected chi connectivity index (χ1v) is 10.7. The monoisotopic (exact) mass is 491 g/mol. The van der Waals surface area contributed by atoms with E-state index in [9.17, 15) is 19.8 Å². The number of benzene rings is 2. The van der Waals surface area contributed by atoms with Gasteiger partial charge in [-0.3, -0.25) is 9.59 Å². The molecule has 1 heterocycles. The second-order valence-corrected chi connectivity index (χ2v) is 7.86. The fourth-order valence-electron chi connectivity index (χ4n) is 3.90. The predicted octanol–water partition coefficient (Wildman–Crippen LogP) is 3.53. The van der Waals surface area contributed by atoms with Gasteiger partial charge in [-0.15, -0.1) is 0 Å². The number of halogens is 1. The fraction of sp³-hybridized carbons (Fsp3) is 0.333. The first kappa shape index (κ1) is 25.2. The van der Waals surface area contributed by atoms with Crippen LogP contribution in [-0.2, 0) is 14.3 Å². The molecule has 3 rings (SSSR count). The van der Waals surface area contributed by atoms with Crippen LogP contribution in [0.3, 0.4) is 0 Å². The summed E-state index contributed by atoms with van der Waals surface area (Å²) < 4.78 is 20.8. The van der Waals surface area contributed by atoms with Crippen molar-refractivity contribution in [2.45, 2.75) is 12.5 Å². The van der Waals surface area contributed by atoms with Crippen molar-refractivity contribution in [3.63, 3.8) is 0 Å². The zero-order chi connectivity index (χ0) is 25.0. The van der Waals surface area contributed by atoms with E-state index in [1.54, 1.807) is 6.07 Å². The number of amides is 1. The summed E-state index contributed by atoms with van der Waals surface area (Å²) in [6.45, 7) is 0.555. The highest BCUT2D eigenvalue weighted by molar-refractivity contribution is 6.46. The highest BCUT2D eigenvalue weighted by atomic mass is 35.5. The Bertz CT molecular complexity index is 1130. The predicted molar refractivity (Wildman–Crippen MR) is 125 cm³/mol. The topological polar surface area (TPSA) is 115 Å². The number of phenolic OH excluding ortho intramolecular Hbond substituents is 1. The molecule has 2 N–H and O–H groups in total. The summed E-state index contributed by atoms with van der Waals surface area (Å²) in [6, 6.07) is 6.43. The van der Waals surface area contributed by atoms with Crippen LogP contribution < -0.4 is 14.2 Å². The molecular weight excluding hydrogens is 466 g/mol. The van der Waals surface area contributed by atoms with Gasteiger partial charge >= 0.3 is 0 Å². The van der Waals surface area contributed by atoms with Gasteiger partial charge in [-0.1, -0.05) is 17.7 Å². The lowest BCUT2D eigenvalue weighted by atomic mass is 9.94. The van der Waals surface area contributed by atoms with Crippen LogP contribution >= 0.6 is 11.6 Å². The number of Topliss-reactive ketones (excluding diaryl/α,β-unsaturated/α-hetero) is 1. The molecule has 182 valence electrons. The molecule has 34 heavy (non-hydrogen) atoms. The van der Waals surface area contributed by atoms with Crippen molar-refractivity contribution in [2.24, 2.45) is 0 Å². The number of carbonyl (C=O) groups excluding carboxylic acids is 2. The van der Waals surface area contributed by atoms with Crippen LogP contribution in [0.2, 0.25) is 5.02 Å². The number of aliphatic hydroxyl groups is 1. The lowest BCUT2D eigenvalue weighted by molar-refractivity contribution is -0.140. The Morgan fingerprint density at radius 3 is 2.26 bits per heavy atom. The van der Waals surface area contributed by atoms with Crippen LogP contribution in [0, 0.1) is 0 Å². The molecule has 0 spiro atoms. The van der Waals surface area contributed by atoms with Crippen LogP contribution in [0.4, 0.5) is 0 Å². The average Bonchev–Trinajstić information content (AvgIpc) is 3.08. The standard InChI is InChI=1S/C24H26ClNO8/c1-31-9-5-8-26-21(13-6-7-17(32-2)16(27)10-13)20(23(29)24(26)30)22(28)14-11-19(34-4)15(25)12-18(14)33-3/h6-7,10-12,21,27-28H,5,8-9H2,1-4H3/b22-20+. The molecule has 1 amide bonds. The molecule has 1 aliphatic heterocycles. The van der Waals surface area contributed by atoms with E-state index in [1.807, 2.05) is 0 Å². The number of aliphatic hydroxyl groups excluding tert-OH is 1. The van der Waals surface area contributed by atoms with Crippen LogP contribution in [0.5, 0.6) is 23.0 Å². The van der Waals surface area contributed by atoms with Gasteiger partial charge in [0.25, 0.3) is 11.7 Å². The molecule has 1 fully saturated rings. The van der Waals surface area contributed by atoms with Gasteiger partial charge in [-0.2, -0.15) is 0 Å². The number of ether oxygens (including phenoxy) is 4. The van der Waals surface area contributed by atoms with Crippen LogP contribution in [0.1, 0.15) is 23.6 Å². The second kappa shape index (κ2) is 10.7. The Hall–Kier alpha value is -3.43. The molecule has 0 aromatic heterocycles. The van der Waals surface area contributed by atoms with E-state index in [-0.39, 0.29) is 45.7 Å². The molecule has 10 heteroatoms. The Balaban J connectivity index is 2.24. The Morgan fingerprint density at radius 2 is 1.68 bits per heavy atom. The van der Waals surface area contributed by atoms with Crippen LogP contribution in [-0.4, -0.2) is 68.4 Å². The number of phenols is 1. The minimum Gasteiger partial charge on any atom is -0.507 e. The number of rotatable bonds is 9. The molecule has 0 radical (unpaired) electrons. The fourth-order valence-corrected chi connectivity index (χ4v) is 4.13. The van der Waals surface area contributed by atoms with E-state index in [0.717, 1.165) is 0 Å². The lowest BCUT2D eigenvalue weighted by Crippen LogP contribution is -2.31. The van der Waals surface area contributed by atoms with Gasteiger partial charge < -0.3 is 34.1 Å². The van der Waals surface area contributed by atoms with E-state index in [1.165, 1.54) is 57.6 Å². The van der Waals surface area contributed by atoms with Crippen LogP contribution in [0.25, 0.3) is 5.76 Å². The van der Waals surface area contributed by atoms with Gasteiger partial charge in [0, 0.05) is 26.3 Å². The summed E-state index contributed by atoms with van der Waals surface area (Å²) in [5, 5.41) is 21.9. The Kier molecular flexibility index (Phi) is 7.90. The second-order valence-electron chi connectivity index (χ2n) is 7.46. The minimum absolute atomic E-state index is 0.126. The first-order chi connectivity index (χ1) is 16.3. The third-order valence-electron chi connectivity index (χ3n) is 5.54. The maximum absolute atomic E-state index is 13.2. The SMILES string of the molecule is COCCCN1C(=O)C(=O)/C(=C(/O)c2cc(OC)c(Cl)cc2OC)C1c1ccc(OC)c(O)c1. The molecule has 1 atom stereocenters. The van der Waals surface area contributed by atoms with Gasteiger partial charge in [0.05, 0.1) is 43.5 Å². The number of hydrogen-bond acceptors (Lipinski definition) is 8. The number of aromatic hydroxyl groups is 1. The molecular formula is C24H26ClNO8. The Labute approximate surface area is 202 Å². The lowest BCUT2D eigenvalue weighted by Gasteiger charge is -2.25. The summed E-state index contributed by atoms with van der Waals surface area (Å²) in [7, 11) is 5.74. The summed E-state index contributed by atoms with van der Waals surface area (Å²) >= 11 is 6.18. The number of carbonyl (C=O) groups is 2. The van der Waals surface area contributed by atoms with Crippen molar-refractivity contribution >= 4 is 29.1 Å². The van der Waals surface area contributed by atoms with Crippen LogP contribution in [0.15, 0.2) is 35.9 Å². The molecule has 9 nitrogen and oxygen atoms in total. The number of nitrogens with zero attached hydrogens (tertiary/aromatic N) is 1. The largest absolute Gasteiger partial charge is 0.507 e. The van der Waals surface area contributed by atoms with Gasteiger partial charge in [0.2, 0.25) is 0 Å². The molecule has 2 aromatic rings. The maximum Gasteiger partial charge on any atom is 0.295 e. The average molecular weight is 492 g/mol. The smallest absolute Gasteiger partial charge is 0.295 e. The quantitative estimate of drug-likeness (QED) is 0.237. The van der Waals surface area contributed by atoms with E-state index >= 15 is 0 Å². The number of likely N-dealkylation sites (tertiary alicyclic amines) is 1. The molecule has 2 aromatic carbocycles. The molecule has 0 saturated carbocycles. The maximum atomic E-state index is 13.2. The van der Waals surface area contributed by atoms with E-state index in [4.69, 9.17) is 30.5 Å². The summed E-state index contributed by atoms with van der Waals surface area (Å²) in [4.78, 5) is 27.5. The molecule has 1 unspecified atom stereocenters. The minimum atomic E-state index is -0.972. The van der Waals surface area contributed by atoms with Crippen molar-refractivity contribution in [2.75, 3.05) is 41.6 Å². The zero-order valence-electron chi connectivity index (χ0n) is 19.3. The number of hydrogen-bond donors (Lipinski definition) is 2. The zero-order valence-corrected chi connectivity index (χ0v) is 20.0. The van der Waals surface area contributed by atoms with E-state index in [0.29, 0.717) is 18.6 Å². The van der Waals surface area contributed by atoms with Crippen molar-refractivity contribution < 1.29 is 38.7 Å². The number of methoxy groups -OCH3 is 4. The number of ketones is 1. The highest BCUT2D eigenvalue weighted by Crippen LogP contribution is 2.44. The van der Waals surface area contributed by atoms with Gasteiger partial charge in [0.1, 0.15) is 17.3 Å². The van der Waals surface area contributed by atoms with Gasteiger partial charge in [-0.05, 0) is 30.2 Å². The van der Waals surface area contributed by atoms with Crippen molar-refractivity contribution in [1.29, 1.82) is 0 Å². The summed E-state index contributed by atoms with van der Waals surface area (Å²) in [5.41, 5.74) is 0.382. The third kappa shape index (κ3) is 4.62. The molecule has 1 aliphatic rings. The Morgan fingerprint density at radius 1 is 1.00 bits per heavy atom. The third-order valence-corrected chi connectivity index (χ3v) is 5.83. The summed E-state index contributed by atoms with van der Waals surface area (Å²) in [5.74, 6) is -1.62. The van der Waals surface area contributed by atoms with Gasteiger partial charge in [-0.25, -0.2) is 0 Å². The van der Waals surface area contributed by atoms with E-state index in [2.05, 4.69) is 0 Å². The van der Waals surface area contributed by atoms with Crippen molar-refractivity contribution in [1.82, 2.24) is 4.90 Å². The summed E-state index contributed by atoms with van der Waals surface area (Å²) in [6.07, 6.45) is 0.459. The first-order valence-electron chi connectivity index (χ1n) is 10.3. The van der Waals surface area contributed by atoms with Crippen molar-refractivity contribution in [3.05, 3.63) is 52.1 Å². The van der Waals surface area contributed by atoms with Gasteiger partial charge in [0.15, 0.2) is 11.5 Å². The molecule has 0 bridgehead atoms. The molecule has 1 saturated heterocycles. The molecule has 0 aliphatic carbocycles. The normalized spacial score (nSPS) is 17.2.